The third-order valence-corrected chi connectivity index (χ3v) is 22.6. The molecule has 0 bridgehead atoms. The molecule has 0 radical (unpaired) electrons. The second-order valence-electron chi connectivity index (χ2n) is 32.6. The number of esters is 4. The average Bonchev–Trinajstić information content (AvgIpc) is 0.902. The van der Waals surface area contributed by atoms with Gasteiger partial charge in [0.1, 0.15) is 19.3 Å². The molecule has 0 aliphatic heterocycles. The highest BCUT2D eigenvalue weighted by atomic mass is 31.2. The SMILES string of the molecule is CCCCCCCCCCCCCCCCCCC(=O)O[C@H](COC(=O)CCCCCCCCCCCCCC)COP(=O)(O)OC[C@H](O)COP(=O)(O)OC[C@@H](COC(=O)CCCCCCCCCCCCCCCCCC(C)C)OC(=O)CCCCCCCCCCCCCCCCCCCCC(C)C. The molecule has 107 heavy (non-hydrogen) atoms. The fourth-order valence-electron chi connectivity index (χ4n) is 13.8. The second-order valence-corrected chi connectivity index (χ2v) is 35.5. The first-order chi connectivity index (χ1) is 51.9. The maximum atomic E-state index is 13.2. The minimum atomic E-state index is -4.97. The van der Waals surface area contributed by atoms with Crippen LogP contribution in [0.15, 0.2) is 0 Å². The van der Waals surface area contributed by atoms with Crippen molar-refractivity contribution in [3.63, 3.8) is 0 Å². The minimum absolute atomic E-state index is 0.109. The summed E-state index contributed by atoms with van der Waals surface area (Å²) in [6, 6.07) is 0. The Bertz CT molecular complexity index is 2050. The molecule has 0 aromatic heterocycles. The fraction of sp³-hybridized carbons (Fsp3) is 0.955. The molecule has 17 nitrogen and oxygen atoms in total. The average molecular weight is 1560 g/mol. The normalized spacial score (nSPS) is 13.8. The Labute approximate surface area is 658 Å². The quantitative estimate of drug-likeness (QED) is 0.0222. The molecule has 3 N–H and O–H groups in total. The van der Waals surface area contributed by atoms with Crippen LogP contribution in [0.3, 0.4) is 0 Å². The lowest BCUT2D eigenvalue weighted by Gasteiger charge is -2.21. The van der Waals surface area contributed by atoms with Crippen LogP contribution in [0.2, 0.25) is 0 Å². The van der Waals surface area contributed by atoms with Gasteiger partial charge in [-0.3, -0.25) is 37.3 Å². The topological polar surface area (TPSA) is 237 Å². The smallest absolute Gasteiger partial charge is 0.462 e. The number of rotatable bonds is 87. The van der Waals surface area contributed by atoms with Gasteiger partial charge in [-0.2, -0.15) is 0 Å². The van der Waals surface area contributed by atoms with Crippen LogP contribution in [0.5, 0.6) is 0 Å². The summed E-state index contributed by atoms with van der Waals surface area (Å²) in [5.41, 5.74) is 0. The third-order valence-electron chi connectivity index (χ3n) is 20.7. The highest BCUT2D eigenvalue weighted by Gasteiger charge is 2.30. The number of unbranched alkanes of at least 4 members (excludes halogenated alkanes) is 57. The molecule has 0 fully saturated rings. The van der Waals surface area contributed by atoms with E-state index in [-0.39, 0.29) is 25.7 Å². The van der Waals surface area contributed by atoms with E-state index in [0.717, 1.165) is 102 Å². The van der Waals surface area contributed by atoms with Crippen LogP contribution in [0.4, 0.5) is 0 Å². The van der Waals surface area contributed by atoms with E-state index in [2.05, 4.69) is 41.5 Å². The van der Waals surface area contributed by atoms with Crippen LogP contribution in [-0.2, 0) is 65.4 Å². The Kier molecular flexibility index (Phi) is 77.9. The van der Waals surface area contributed by atoms with Crippen molar-refractivity contribution in [2.45, 2.75) is 490 Å². The van der Waals surface area contributed by atoms with Crippen LogP contribution in [0, 0.1) is 11.8 Å². The summed E-state index contributed by atoms with van der Waals surface area (Å²) < 4.78 is 69.0. The lowest BCUT2D eigenvalue weighted by molar-refractivity contribution is -0.161. The number of phosphoric ester groups is 2. The number of carbonyl (C=O) groups is 4. The van der Waals surface area contributed by atoms with Gasteiger partial charge in [0, 0.05) is 25.7 Å². The summed E-state index contributed by atoms with van der Waals surface area (Å²) in [6.45, 7) is 9.76. The molecule has 0 amide bonds. The third kappa shape index (κ3) is 81.9. The maximum absolute atomic E-state index is 13.2. The summed E-state index contributed by atoms with van der Waals surface area (Å²) in [5.74, 6) is -0.470. The Hall–Kier alpha value is -1.94. The number of phosphoric acid groups is 2. The zero-order valence-corrected chi connectivity index (χ0v) is 72.2. The second kappa shape index (κ2) is 79.3. The Balaban J connectivity index is 5.25. The van der Waals surface area contributed by atoms with Crippen LogP contribution < -0.4 is 0 Å². The molecule has 2 unspecified atom stereocenters. The summed E-state index contributed by atoms with van der Waals surface area (Å²) in [4.78, 5) is 73.3. The van der Waals surface area contributed by atoms with Crippen LogP contribution in [0.1, 0.15) is 472 Å². The number of ether oxygens (including phenoxy) is 4. The molecule has 0 spiro atoms. The van der Waals surface area contributed by atoms with Gasteiger partial charge in [0.05, 0.1) is 26.4 Å². The molecular weight excluding hydrogens is 1390 g/mol. The molecule has 0 rings (SSSR count). The summed E-state index contributed by atoms with van der Waals surface area (Å²) in [5, 5.41) is 10.7. The van der Waals surface area contributed by atoms with Gasteiger partial charge in [0.25, 0.3) is 0 Å². The van der Waals surface area contributed by atoms with Gasteiger partial charge >= 0.3 is 39.5 Å². The summed E-state index contributed by atoms with van der Waals surface area (Å²) in [7, 11) is -9.93. The molecule has 0 aliphatic rings. The highest BCUT2D eigenvalue weighted by molar-refractivity contribution is 7.47. The Morgan fingerprint density at radius 2 is 0.430 bits per heavy atom. The number of aliphatic hydroxyl groups is 1. The van der Waals surface area contributed by atoms with Gasteiger partial charge < -0.3 is 33.8 Å². The van der Waals surface area contributed by atoms with Crippen molar-refractivity contribution in [3.8, 4) is 0 Å². The minimum Gasteiger partial charge on any atom is -0.462 e. The number of hydrogen-bond donors (Lipinski definition) is 3. The van der Waals surface area contributed by atoms with E-state index < -0.39 is 97.5 Å². The van der Waals surface area contributed by atoms with Crippen LogP contribution in [0.25, 0.3) is 0 Å². The van der Waals surface area contributed by atoms with Crippen molar-refractivity contribution < 1.29 is 80.2 Å². The van der Waals surface area contributed by atoms with E-state index in [9.17, 15) is 43.2 Å². The molecule has 5 atom stereocenters. The van der Waals surface area contributed by atoms with Gasteiger partial charge in [-0.25, -0.2) is 9.13 Å². The van der Waals surface area contributed by atoms with E-state index in [1.807, 2.05) is 0 Å². The van der Waals surface area contributed by atoms with Crippen molar-refractivity contribution in [2.24, 2.45) is 11.8 Å². The van der Waals surface area contributed by atoms with Gasteiger partial charge in [0.2, 0.25) is 0 Å². The standard InChI is InChI=1S/C88H172O17P2/c1-7-9-11-13-15-17-19-21-22-30-36-42-48-54-60-66-72-87(92)104-83(76-98-85(90)70-64-58-52-46-40-20-18-16-14-12-10-8-2)78-102-106(94,95)100-74-82(89)75-101-107(96,97)103-79-84(77-99-86(91)71-65-59-53-47-41-35-32-27-29-34-39-45-51-57-63-69-81(5)6)105-88(93)73-67-61-55-49-43-37-31-26-24-23-25-28-33-38-44-50-56-62-68-80(3)4/h80-84,89H,7-79H2,1-6H3,(H,94,95)(H,96,97)/t82-,83+,84+/m0/s1. The van der Waals surface area contributed by atoms with Crippen molar-refractivity contribution in [1.29, 1.82) is 0 Å². The maximum Gasteiger partial charge on any atom is 0.472 e. The summed E-state index contributed by atoms with van der Waals surface area (Å²) in [6.07, 6.45) is 72.1. The van der Waals surface area contributed by atoms with Gasteiger partial charge in [0.15, 0.2) is 12.2 Å². The highest BCUT2D eigenvalue weighted by Crippen LogP contribution is 2.45. The largest absolute Gasteiger partial charge is 0.472 e. The predicted molar refractivity (Wildman–Crippen MR) is 442 cm³/mol. The molecule has 0 aromatic carbocycles. The Morgan fingerprint density at radius 1 is 0.252 bits per heavy atom. The van der Waals surface area contributed by atoms with Crippen molar-refractivity contribution >= 4 is 39.5 Å². The van der Waals surface area contributed by atoms with Gasteiger partial charge in [-0.15, -0.1) is 0 Å². The van der Waals surface area contributed by atoms with Crippen LogP contribution in [-0.4, -0.2) is 96.7 Å². The van der Waals surface area contributed by atoms with E-state index in [1.165, 1.54) is 289 Å². The van der Waals surface area contributed by atoms with Crippen LogP contribution >= 0.6 is 15.6 Å². The number of hydrogen-bond acceptors (Lipinski definition) is 15. The molecular formula is C88H172O17P2. The lowest BCUT2D eigenvalue weighted by atomic mass is 10.0. The zero-order chi connectivity index (χ0) is 78.5. The molecule has 0 aliphatic carbocycles. The lowest BCUT2D eigenvalue weighted by Crippen LogP contribution is -2.30. The van der Waals surface area contributed by atoms with Crippen molar-refractivity contribution in [1.82, 2.24) is 0 Å². The first kappa shape index (κ1) is 105. The van der Waals surface area contributed by atoms with Crippen molar-refractivity contribution in [2.75, 3.05) is 39.6 Å². The zero-order valence-electron chi connectivity index (χ0n) is 70.5. The molecule has 0 saturated heterocycles. The van der Waals surface area contributed by atoms with Gasteiger partial charge in [-0.1, -0.05) is 420 Å². The molecule has 0 heterocycles. The molecule has 0 aromatic rings. The monoisotopic (exact) mass is 1560 g/mol. The molecule has 0 saturated carbocycles. The van der Waals surface area contributed by atoms with E-state index >= 15 is 0 Å². The Morgan fingerprint density at radius 3 is 0.636 bits per heavy atom. The van der Waals surface area contributed by atoms with E-state index in [4.69, 9.17) is 37.0 Å². The number of aliphatic hydroxyl groups excluding tert-OH is 1. The van der Waals surface area contributed by atoms with Gasteiger partial charge in [-0.05, 0) is 37.5 Å². The molecule has 19 heteroatoms. The molecule has 636 valence electrons. The number of carbonyl (C=O) groups excluding carboxylic acids is 4. The van der Waals surface area contributed by atoms with Crippen molar-refractivity contribution in [3.05, 3.63) is 0 Å². The first-order valence-electron chi connectivity index (χ1n) is 45.5. The first-order valence-corrected chi connectivity index (χ1v) is 48.5. The fourth-order valence-corrected chi connectivity index (χ4v) is 15.4. The predicted octanol–water partition coefficient (Wildman–Crippen LogP) is 27.0. The van der Waals surface area contributed by atoms with E-state index in [0.29, 0.717) is 25.7 Å². The van der Waals surface area contributed by atoms with E-state index in [1.54, 1.807) is 0 Å². The summed E-state index contributed by atoms with van der Waals surface area (Å²) >= 11 is 0.